The molecule has 0 fully saturated rings. The quantitative estimate of drug-likeness (QED) is 0.744. The Balaban J connectivity index is 1.98. The fourth-order valence-corrected chi connectivity index (χ4v) is 2.37. The molecule has 2 aromatic rings. The highest BCUT2D eigenvalue weighted by molar-refractivity contribution is 9.10. The van der Waals surface area contributed by atoms with Crippen LogP contribution in [-0.4, -0.2) is 17.8 Å². The molecule has 5 heteroatoms. The van der Waals surface area contributed by atoms with Crippen molar-refractivity contribution in [3.8, 4) is 0 Å². The van der Waals surface area contributed by atoms with Crippen LogP contribution in [0.25, 0.3) is 0 Å². The highest BCUT2D eigenvalue weighted by Crippen LogP contribution is 2.12. The summed E-state index contributed by atoms with van der Waals surface area (Å²) in [5, 5.41) is 12.9. The van der Waals surface area contributed by atoms with Gasteiger partial charge in [0.05, 0.1) is 12.4 Å². The third-order valence-electron chi connectivity index (χ3n) is 3.36. The molecule has 2 rings (SSSR count). The molecular formula is C17H16BrNO3. The van der Waals surface area contributed by atoms with E-state index in [1.54, 1.807) is 29.6 Å². The van der Waals surface area contributed by atoms with Gasteiger partial charge in [0, 0.05) is 15.6 Å². The molecule has 0 spiro atoms. The van der Waals surface area contributed by atoms with Crippen LogP contribution in [0.1, 0.15) is 22.3 Å². The van der Waals surface area contributed by atoms with Crippen LogP contribution in [-0.2, 0) is 11.3 Å². The van der Waals surface area contributed by atoms with Gasteiger partial charge in [0.2, 0.25) is 0 Å². The van der Waals surface area contributed by atoms with Gasteiger partial charge in [-0.1, -0.05) is 58.4 Å². The van der Waals surface area contributed by atoms with E-state index in [0.29, 0.717) is 12.1 Å². The predicted molar refractivity (Wildman–Crippen MR) is 84.0 cm³/mol. The number of hydrogen-bond donors (Lipinski definition) is 1. The molecule has 0 unspecified atom stereocenters. The first-order valence-electron chi connectivity index (χ1n) is 6.93. The fraction of sp³-hybridized carbons (Fsp3) is 0.176. The summed E-state index contributed by atoms with van der Waals surface area (Å²) in [7, 11) is 0. The molecule has 0 heterocycles. The standard InChI is InChI=1S/C17H16BrNO3/c18-14-8-6-13(7-9-14)16(20)10-15(17(21)22)19-11-12-4-2-1-3-5-12/h1-9,15,19H,10-11H2,(H,21,22)/t15-/m1/s1. The highest BCUT2D eigenvalue weighted by atomic mass is 79.9. The molecule has 0 aliphatic carbocycles. The molecule has 2 aromatic carbocycles. The van der Waals surface area contributed by atoms with Crippen LogP contribution in [0, 0.1) is 0 Å². The van der Waals surface area contributed by atoms with Gasteiger partial charge in [-0.2, -0.15) is 0 Å². The maximum absolute atomic E-state index is 12.2. The van der Waals surface area contributed by atoms with Crippen LogP contribution in [0.5, 0.6) is 0 Å². The smallest absolute Gasteiger partial charge is 0.169 e. The minimum atomic E-state index is -1.22. The van der Waals surface area contributed by atoms with Crippen molar-refractivity contribution in [2.45, 2.75) is 19.0 Å². The largest absolute Gasteiger partial charge is 0.544 e. The number of aliphatic carboxylic acids is 1. The maximum atomic E-state index is 12.2. The van der Waals surface area contributed by atoms with Crippen LogP contribution in [0.2, 0.25) is 0 Å². The summed E-state index contributed by atoms with van der Waals surface area (Å²) in [4.78, 5) is 23.4. The zero-order chi connectivity index (χ0) is 15.9. The SMILES string of the molecule is O=C(C[C@@H]([NH2+]Cc1ccccc1)C(=O)[O-])c1ccc(Br)cc1. The van der Waals surface area contributed by atoms with Gasteiger partial charge in [0.1, 0.15) is 12.6 Å². The average molecular weight is 362 g/mol. The zero-order valence-electron chi connectivity index (χ0n) is 11.9. The van der Waals surface area contributed by atoms with Gasteiger partial charge < -0.3 is 15.2 Å². The van der Waals surface area contributed by atoms with Gasteiger partial charge >= 0.3 is 0 Å². The number of carbonyl (C=O) groups is 2. The molecule has 0 saturated heterocycles. The summed E-state index contributed by atoms with van der Waals surface area (Å²) < 4.78 is 0.871. The Morgan fingerprint density at radius 2 is 1.68 bits per heavy atom. The van der Waals surface area contributed by atoms with E-state index >= 15 is 0 Å². The molecule has 1 atom stereocenters. The maximum Gasteiger partial charge on any atom is 0.169 e. The first kappa shape index (κ1) is 16.4. The van der Waals surface area contributed by atoms with Crippen LogP contribution in [0.3, 0.4) is 0 Å². The fourth-order valence-electron chi connectivity index (χ4n) is 2.11. The number of carboxylic acids is 1. The molecule has 2 N–H and O–H groups in total. The average Bonchev–Trinajstić information content (AvgIpc) is 2.52. The molecule has 22 heavy (non-hydrogen) atoms. The zero-order valence-corrected chi connectivity index (χ0v) is 13.5. The Morgan fingerprint density at radius 3 is 2.27 bits per heavy atom. The van der Waals surface area contributed by atoms with Crippen molar-refractivity contribution < 1.29 is 20.0 Å². The van der Waals surface area contributed by atoms with Gasteiger partial charge in [-0.25, -0.2) is 0 Å². The van der Waals surface area contributed by atoms with Crippen molar-refractivity contribution in [3.05, 3.63) is 70.2 Å². The Morgan fingerprint density at radius 1 is 1.05 bits per heavy atom. The minimum absolute atomic E-state index is 0.0865. The first-order chi connectivity index (χ1) is 10.6. The molecule has 0 amide bonds. The van der Waals surface area contributed by atoms with E-state index in [0.717, 1.165) is 10.0 Å². The lowest BCUT2D eigenvalue weighted by molar-refractivity contribution is -0.697. The normalized spacial score (nSPS) is 11.9. The molecule has 0 aliphatic heterocycles. The van der Waals surface area contributed by atoms with Gasteiger partial charge in [0.25, 0.3) is 0 Å². The summed E-state index contributed by atoms with van der Waals surface area (Å²) >= 11 is 3.30. The third kappa shape index (κ3) is 4.79. The van der Waals surface area contributed by atoms with Crippen LogP contribution in [0.4, 0.5) is 0 Å². The Hall–Kier alpha value is -1.98. The summed E-state index contributed by atoms with van der Waals surface area (Å²) in [6.45, 7) is 0.493. The number of hydrogen-bond acceptors (Lipinski definition) is 3. The Bertz CT molecular complexity index is 641. The summed E-state index contributed by atoms with van der Waals surface area (Å²) in [5.74, 6) is -1.42. The van der Waals surface area contributed by atoms with Crippen molar-refractivity contribution in [3.63, 3.8) is 0 Å². The van der Waals surface area contributed by atoms with E-state index in [9.17, 15) is 14.7 Å². The minimum Gasteiger partial charge on any atom is -0.544 e. The molecule has 0 bridgehead atoms. The molecule has 0 aliphatic rings. The summed E-state index contributed by atoms with van der Waals surface area (Å²) in [6.07, 6.45) is -0.0865. The van der Waals surface area contributed by atoms with Crippen molar-refractivity contribution in [1.82, 2.24) is 0 Å². The van der Waals surface area contributed by atoms with Crippen molar-refractivity contribution in [2.75, 3.05) is 0 Å². The van der Waals surface area contributed by atoms with Crippen LogP contribution < -0.4 is 10.4 Å². The number of quaternary nitrogens is 1. The number of carboxylic acid groups (broad SMARTS) is 1. The molecule has 4 nitrogen and oxygen atoms in total. The van der Waals surface area contributed by atoms with E-state index in [4.69, 9.17) is 0 Å². The van der Waals surface area contributed by atoms with E-state index in [-0.39, 0.29) is 12.2 Å². The summed E-state index contributed by atoms with van der Waals surface area (Å²) in [5.41, 5.74) is 1.51. The van der Waals surface area contributed by atoms with Gasteiger partial charge in [-0.05, 0) is 12.1 Å². The number of ketones is 1. The summed E-state index contributed by atoms with van der Waals surface area (Å²) in [6, 6.07) is 15.5. The number of halogens is 1. The molecule has 0 aromatic heterocycles. The number of Topliss-reactive ketones (excluding diaryl/α,β-unsaturated/α-hetero) is 1. The van der Waals surface area contributed by atoms with E-state index in [1.807, 2.05) is 30.3 Å². The second-order valence-corrected chi connectivity index (χ2v) is 5.90. The number of nitrogens with two attached hydrogens (primary N) is 1. The Kier molecular flexibility index (Phi) is 5.86. The van der Waals surface area contributed by atoms with Gasteiger partial charge in [0.15, 0.2) is 5.78 Å². The monoisotopic (exact) mass is 361 g/mol. The predicted octanol–water partition coefficient (Wildman–Crippen LogP) is 0.904. The van der Waals surface area contributed by atoms with Gasteiger partial charge in [-0.15, -0.1) is 0 Å². The second-order valence-electron chi connectivity index (χ2n) is 4.99. The topological polar surface area (TPSA) is 73.8 Å². The van der Waals surface area contributed by atoms with E-state index < -0.39 is 12.0 Å². The third-order valence-corrected chi connectivity index (χ3v) is 3.88. The van der Waals surface area contributed by atoms with Crippen LogP contribution in [0.15, 0.2) is 59.1 Å². The lowest BCUT2D eigenvalue weighted by Crippen LogP contribution is -2.92. The second kappa shape index (κ2) is 7.87. The Labute approximate surface area is 137 Å². The van der Waals surface area contributed by atoms with Crippen LogP contribution >= 0.6 is 15.9 Å². The van der Waals surface area contributed by atoms with E-state index in [1.165, 1.54) is 0 Å². The molecule has 114 valence electrons. The molecule has 0 saturated carbocycles. The van der Waals surface area contributed by atoms with E-state index in [2.05, 4.69) is 15.9 Å². The number of benzene rings is 2. The van der Waals surface area contributed by atoms with Crippen molar-refractivity contribution in [2.24, 2.45) is 0 Å². The van der Waals surface area contributed by atoms with Crippen molar-refractivity contribution >= 4 is 27.7 Å². The number of carbonyl (C=O) groups excluding carboxylic acids is 2. The van der Waals surface area contributed by atoms with Gasteiger partial charge in [-0.3, -0.25) is 4.79 Å². The highest BCUT2D eigenvalue weighted by Gasteiger charge is 2.19. The lowest BCUT2D eigenvalue weighted by atomic mass is 10.0. The molecule has 0 radical (unpaired) electrons. The molecular weight excluding hydrogens is 346 g/mol. The lowest BCUT2D eigenvalue weighted by Gasteiger charge is -2.16. The first-order valence-corrected chi connectivity index (χ1v) is 7.72. The number of rotatable bonds is 7. The van der Waals surface area contributed by atoms with Crippen molar-refractivity contribution in [1.29, 1.82) is 0 Å².